The van der Waals surface area contributed by atoms with Crippen LogP contribution in [0.2, 0.25) is 0 Å². The lowest BCUT2D eigenvalue weighted by Crippen LogP contribution is -2.35. The van der Waals surface area contributed by atoms with Crippen LogP contribution in [0.3, 0.4) is 0 Å². The van der Waals surface area contributed by atoms with Crippen LogP contribution < -0.4 is 5.32 Å². The number of hydrogen-bond donors (Lipinski definition) is 1. The highest BCUT2D eigenvalue weighted by Crippen LogP contribution is 2.12. The SMILES string of the molecule is Cc1cc(C)n(CCCNC2CCOC2C)n1. The first-order valence-corrected chi connectivity index (χ1v) is 6.53. The smallest absolute Gasteiger partial charge is 0.0700 e. The molecule has 96 valence electrons. The van der Waals surface area contributed by atoms with E-state index in [-0.39, 0.29) is 0 Å². The Labute approximate surface area is 103 Å². The van der Waals surface area contributed by atoms with Crippen LogP contribution in [0.25, 0.3) is 0 Å². The third-order valence-electron chi connectivity index (χ3n) is 3.43. The minimum absolute atomic E-state index is 0.365. The van der Waals surface area contributed by atoms with E-state index in [0.717, 1.165) is 38.2 Å². The molecule has 1 saturated heterocycles. The van der Waals surface area contributed by atoms with Gasteiger partial charge in [0.1, 0.15) is 0 Å². The first-order chi connectivity index (χ1) is 8.16. The molecular weight excluding hydrogens is 214 g/mol. The summed E-state index contributed by atoms with van der Waals surface area (Å²) in [5.74, 6) is 0. The molecule has 2 rings (SSSR count). The van der Waals surface area contributed by atoms with Crippen molar-refractivity contribution in [1.29, 1.82) is 0 Å². The number of nitrogens with one attached hydrogen (secondary N) is 1. The lowest BCUT2D eigenvalue weighted by molar-refractivity contribution is 0.113. The van der Waals surface area contributed by atoms with Gasteiger partial charge in [0.15, 0.2) is 0 Å². The molecule has 1 fully saturated rings. The first-order valence-electron chi connectivity index (χ1n) is 6.53. The van der Waals surface area contributed by atoms with Crippen molar-refractivity contribution < 1.29 is 4.74 Å². The number of hydrogen-bond acceptors (Lipinski definition) is 3. The Hall–Kier alpha value is -0.870. The zero-order valence-corrected chi connectivity index (χ0v) is 11.1. The molecule has 2 heterocycles. The molecule has 0 amide bonds. The highest BCUT2D eigenvalue weighted by molar-refractivity contribution is 5.06. The lowest BCUT2D eigenvalue weighted by Gasteiger charge is -2.15. The maximum atomic E-state index is 5.52. The Kier molecular flexibility index (Phi) is 4.18. The van der Waals surface area contributed by atoms with E-state index < -0.39 is 0 Å². The van der Waals surface area contributed by atoms with Gasteiger partial charge in [0.05, 0.1) is 11.8 Å². The maximum absolute atomic E-state index is 5.52. The molecule has 1 N–H and O–H groups in total. The highest BCUT2D eigenvalue weighted by atomic mass is 16.5. The fourth-order valence-corrected chi connectivity index (χ4v) is 2.42. The molecule has 17 heavy (non-hydrogen) atoms. The summed E-state index contributed by atoms with van der Waals surface area (Å²) in [5.41, 5.74) is 2.35. The van der Waals surface area contributed by atoms with Gasteiger partial charge in [0.25, 0.3) is 0 Å². The molecule has 4 heteroatoms. The summed E-state index contributed by atoms with van der Waals surface area (Å²) in [6.45, 7) is 9.23. The summed E-state index contributed by atoms with van der Waals surface area (Å²) in [6, 6.07) is 2.66. The summed E-state index contributed by atoms with van der Waals surface area (Å²) in [6.07, 6.45) is 2.62. The zero-order valence-electron chi connectivity index (χ0n) is 11.1. The van der Waals surface area contributed by atoms with Gasteiger partial charge in [-0.05, 0) is 46.2 Å². The van der Waals surface area contributed by atoms with Gasteiger partial charge in [-0.15, -0.1) is 0 Å². The van der Waals surface area contributed by atoms with Crippen molar-refractivity contribution >= 4 is 0 Å². The van der Waals surface area contributed by atoms with Crippen LogP contribution in [0.5, 0.6) is 0 Å². The number of nitrogens with zero attached hydrogens (tertiary/aromatic N) is 2. The van der Waals surface area contributed by atoms with Crippen molar-refractivity contribution in [3.05, 3.63) is 17.5 Å². The molecule has 0 radical (unpaired) electrons. The van der Waals surface area contributed by atoms with Crippen molar-refractivity contribution in [2.24, 2.45) is 0 Å². The molecule has 2 unspecified atom stereocenters. The van der Waals surface area contributed by atoms with Gasteiger partial charge >= 0.3 is 0 Å². The summed E-state index contributed by atoms with van der Waals surface area (Å²) in [4.78, 5) is 0. The highest BCUT2D eigenvalue weighted by Gasteiger charge is 2.22. The van der Waals surface area contributed by atoms with E-state index in [4.69, 9.17) is 4.74 Å². The van der Waals surface area contributed by atoms with Crippen molar-refractivity contribution in [1.82, 2.24) is 15.1 Å². The van der Waals surface area contributed by atoms with E-state index in [0.29, 0.717) is 12.1 Å². The van der Waals surface area contributed by atoms with E-state index in [1.54, 1.807) is 0 Å². The molecule has 4 nitrogen and oxygen atoms in total. The normalized spacial score (nSPS) is 24.4. The number of ether oxygens (including phenoxy) is 1. The Morgan fingerprint density at radius 1 is 1.53 bits per heavy atom. The van der Waals surface area contributed by atoms with Crippen LogP contribution >= 0.6 is 0 Å². The minimum Gasteiger partial charge on any atom is -0.377 e. The van der Waals surface area contributed by atoms with Crippen molar-refractivity contribution in [2.45, 2.75) is 52.3 Å². The van der Waals surface area contributed by atoms with Crippen molar-refractivity contribution in [2.75, 3.05) is 13.2 Å². The van der Waals surface area contributed by atoms with E-state index in [9.17, 15) is 0 Å². The third kappa shape index (κ3) is 3.30. The predicted molar refractivity (Wildman–Crippen MR) is 68.1 cm³/mol. The molecule has 0 aliphatic carbocycles. The molecule has 1 aromatic heterocycles. The van der Waals surface area contributed by atoms with Gasteiger partial charge in [0, 0.05) is 24.9 Å². The Bertz CT molecular complexity index is 362. The summed E-state index contributed by atoms with van der Waals surface area (Å²) >= 11 is 0. The molecule has 2 atom stereocenters. The quantitative estimate of drug-likeness (QED) is 0.792. The Balaban J connectivity index is 1.68. The molecule has 0 aromatic carbocycles. The standard InChI is InChI=1S/C13H23N3O/c1-10-9-11(2)16(15-10)7-4-6-14-13-5-8-17-12(13)3/h9,12-14H,4-8H2,1-3H3. The second kappa shape index (κ2) is 5.65. The zero-order chi connectivity index (χ0) is 12.3. The lowest BCUT2D eigenvalue weighted by atomic mass is 10.1. The van der Waals surface area contributed by atoms with Crippen molar-refractivity contribution in [3.63, 3.8) is 0 Å². The van der Waals surface area contributed by atoms with Gasteiger partial charge in [-0.2, -0.15) is 5.10 Å². The second-order valence-electron chi connectivity index (χ2n) is 4.93. The first kappa shape index (κ1) is 12.6. The van der Waals surface area contributed by atoms with Crippen LogP contribution in [0.4, 0.5) is 0 Å². The topological polar surface area (TPSA) is 39.1 Å². The number of aromatic nitrogens is 2. The Morgan fingerprint density at radius 3 is 2.94 bits per heavy atom. The number of rotatable bonds is 5. The van der Waals surface area contributed by atoms with Crippen LogP contribution in [0, 0.1) is 13.8 Å². The summed E-state index contributed by atoms with van der Waals surface area (Å²) < 4.78 is 7.61. The molecule has 1 aromatic rings. The third-order valence-corrected chi connectivity index (χ3v) is 3.43. The largest absolute Gasteiger partial charge is 0.377 e. The minimum atomic E-state index is 0.365. The van der Waals surface area contributed by atoms with E-state index in [1.807, 2.05) is 6.92 Å². The molecule has 0 bridgehead atoms. The van der Waals surface area contributed by atoms with Crippen LogP contribution in [-0.4, -0.2) is 35.1 Å². The monoisotopic (exact) mass is 237 g/mol. The van der Waals surface area contributed by atoms with Gasteiger partial charge < -0.3 is 10.1 Å². The fourth-order valence-electron chi connectivity index (χ4n) is 2.42. The summed E-state index contributed by atoms with van der Waals surface area (Å²) in [5, 5.41) is 8.02. The Morgan fingerprint density at radius 2 is 2.35 bits per heavy atom. The van der Waals surface area contributed by atoms with E-state index >= 15 is 0 Å². The average molecular weight is 237 g/mol. The molecule has 0 saturated carbocycles. The fraction of sp³-hybridized carbons (Fsp3) is 0.769. The average Bonchev–Trinajstić information content (AvgIpc) is 2.81. The molecular formula is C13H23N3O. The molecule has 1 aliphatic rings. The van der Waals surface area contributed by atoms with Crippen LogP contribution in [-0.2, 0) is 11.3 Å². The second-order valence-corrected chi connectivity index (χ2v) is 4.93. The molecule has 0 spiro atoms. The number of aryl methyl sites for hydroxylation is 3. The van der Waals surface area contributed by atoms with Gasteiger partial charge in [-0.3, -0.25) is 4.68 Å². The van der Waals surface area contributed by atoms with Gasteiger partial charge in [0.2, 0.25) is 0 Å². The molecule has 1 aliphatic heterocycles. The van der Waals surface area contributed by atoms with Gasteiger partial charge in [-0.1, -0.05) is 0 Å². The predicted octanol–water partition coefficient (Wildman–Crippen LogP) is 1.66. The van der Waals surface area contributed by atoms with Gasteiger partial charge in [-0.25, -0.2) is 0 Å². The van der Waals surface area contributed by atoms with E-state index in [2.05, 4.69) is 35.0 Å². The van der Waals surface area contributed by atoms with E-state index in [1.165, 1.54) is 5.69 Å². The summed E-state index contributed by atoms with van der Waals surface area (Å²) in [7, 11) is 0. The van der Waals surface area contributed by atoms with Crippen LogP contribution in [0.15, 0.2) is 6.07 Å². The maximum Gasteiger partial charge on any atom is 0.0700 e. The van der Waals surface area contributed by atoms with Crippen LogP contribution in [0.1, 0.15) is 31.2 Å². The van der Waals surface area contributed by atoms with Crippen molar-refractivity contribution in [3.8, 4) is 0 Å².